The zero-order chi connectivity index (χ0) is 39.6. The molecule has 0 unspecified atom stereocenters. The molecule has 12 aromatic rings. The highest BCUT2D eigenvalue weighted by Crippen LogP contribution is 2.44. The first-order valence-corrected chi connectivity index (χ1v) is 20.5. The number of aromatic nitrogens is 1. The van der Waals surface area contributed by atoms with Gasteiger partial charge in [0.05, 0.1) is 11.0 Å². The summed E-state index contributed by atoms with van der Waals surface area (Å²) < 4.78 is 2.42. The molecule has 2 heteroatoms. The van der Waals surface area contributed by atoms with E-state index >= 15 is 0 Å². The van der Waals surface area contributed by atoms with Crippen molar-refractivity contribution in [3.8, 4) is 27.9 Å². The third-order valence-corrected chi connectivity index (χ3v) is 12.1. The summed E-state index contributed by atoms with van der Waals surface area (Å²) in [5.41, 5.74) is 11.5. The summed E-state index contributed by atoms with van der Waals surface area (Å²) in [4.78, 5) is 2.39. The summed E-state index contributed by atoms with van der Waals surface area (Å²) in [5.74, 6) is 0. The Labute approximate surface area is 348 Å². The molecule has 0 spiro atoms. The van der Waals surface area contributed by atoms with E-state index in [-0.39, 0.29) is 0 Å². The molecule has 0 N–H and O–H groups in total. The Hall–Kier alpha value is -8.12. The normalized spacial score (nSPS) is 11.5. The van der Waals surface area contributed by atoms with Crippen molar-refractivity contribution < 1.29 is 0 Å². The van der Waals surface area contributed by atoms with E-state index in [0.29, 0.717) is 0 Å². The van der Waals surface area contributed by atoms with Gasteiger partial charge in [-0.25, -0.2) is 0 Å². The number of benzene rings is 10. The maximum absolute atomic E-state index is 3.41. The summed E-state index contributed by atoms with van der Waals surface area (Å²) >= 11 is 0. The van der Waals surface area contributed by atoms with Crippen LogP contribution in [0.3, 0.4) is 0 Å². The van der Waals surface area contributed by atoms with E-state index in [0.717, 1.165) is 39.3 Å². The topological polar surface area (TPSA) is 8.17 Å². The summed E-state index contributed by atoms with van der Waals surface area (Å²) in [6.07, 6.45) is 0. The van der Waals surface area contributed by atoms with Crippen molar-refractivity contribution in [2.45, 2.75) is 0 Å². The van der Waals surface area contributed by atoms with Crippen molar-refractivity contribution in [3.05, 3.63) is 231 Å². The Balaban J connectivity index is 1.04. The minimum Gasteiger partial charge on any atom is -0.310 e. The summed E-state index contributed by atoms with van der Waals surface area (Å²) in [6.45, 7) is 0. The van der Waals surface area contributed by atoms with Crippen LogP contribution in [-0.2, 0) is 0 Å². The van der Waals surface area contributed by atoms with Crippen molar-refractivity contribution >= 4 is 82.0 Å². The Morgan fingerprint density at radius 3 is 1.88 bits per heavy atom. The van der Waals surface area contributed by atoms with Crippen LogP contribution in [0.5, 0.6) is 0 Å². The zero-order valence-electron chi connectivity index (χ0n) is 32.7. The lowest BCUT2D eigenvalue weighted by atomic mass is 9.94. The van der Waals surface area contributed by atoms with Gasteiger partial charge >= 0.3 is 0 Å². The molecule has 11 aromatic carbocycles. The van der Waals surface area contributed by atoms with Gasteiger partial charge in [-0.15, -0.1) is 0 Å². The molecule has 12 rings (SSSR count). The molecule has 2 nitrogen and oxygen atoms in total. The van der Waals surface area contributed by atoms with Crippen LogP contribution in [-0.4, -0.2) is 4.57 Å². The Morgan fingerprint density at radius 1 is 0.367 bits per heavy atom. The van der Waals surface area contributed by atoms with Crippen LogP contribution in [0, 0.1) is 12.1 Å². The quantitative estimate of drug-likeness (QED) is 0.164. The van der Waals surface area contributed by atoms with E-state index in [2.05, 4.69) is 234 Å². The molecule has 0 saturated heterocycles. The number of para-hydroxylation sites is 1. The van der Waals surface area contributed by atoms with E-state index in [4.69, 9.17) is 0 Å². The SMILES string of the molecule is c1ccc2c(-c3ccc(N(c4cccc(-c5cccc6c5c5cc7ccccc7cc5n6-c5ccccc5)c4)c4ccc5ccccc5c4)cc3)cc3ccccc3c2c#1. The number of nitrogens with zero attached hydrogens (tertiary/aromatic N) is 2. The Bertz CT molecular complexity index is 3600. The minimum atomic E-state index is 1.08. The average molecular weight is 761 g/mol. The fourth-order valence-corrected chi connectivity index (χ4v) is 9.36. The van der Waals surface area contributed by atoms with Crippen molar-refractivity contribution in [1.82, 2.24) is 4.57 Å². The summed E-state index contributed by atoms with van der Waals surface area (Å²) in [5, 5.41) is 12.0. The second kappa shape index (κ2) is 13.8. The standard InChI is InChI=1S/C58H36N2/c1-2-20-46(21-3-1)60-56-27-13-26-51(58(56)55-36-42-16-6-7-17-43(42)38-57(55)60)44-19-12-22-48(35-44)59(49-33-28-39-14-4-5-15-41(39)34-49)47-31-29-40(30-32-47)54-37-45-18-8-9-23-50(45)52-24-10-11-25-53(52)54/h1-9,11-23,25-38H. The first-order valence-electron chi connectivity index (χ1n) is 20.5. The first-order chi connectivity index (χ1) is 29.7. The molecule has 0 aliphatic carbocycles. The van der Waals surface area contributed by atoms with E-state index in [1.807, 2.05) is 6.07 Å². The highest BCUT2D eigenvalue weighted by Gasteiger charge is 2.20. The fraction of sp³-hybridized carbons (Fsp3) is 0. The molecular formula is C58H36N2. The number of rotatable bonds is 6. The van der Waals surface area contributed by atoms with Gasteiger partial charge in [-0.2, -0.15) is 0 Å². The Morgan fingerprint density at radius 2 is 1.05 bits per heavy atom. The van der Waals surface area contributed by atoms with E-state index in [1.165, 1.54) is 70.6 Å². The fourth-order valence-electron chi connectivity index (χ4n) is 9.36. The lowest BCUT2D eigenvalue weighted by molar-refractivity contribution is 1.18. The van der Waals surface area contributed by atoms with E-state index in [9.17, 15) is 0 Å². The highest BCUT2D eigenvalue weighted by atomic mass is 15.1. The van der Waals surface area contributed by atoms with Crippen LogP contribution in [0.1, 0.15) is 0 Å². The van der Waals surface area contributed by atoms with E-state index in [1.54, 1.807) is 0 Å². The molecule has 278 valence electrons. The third kappa shape index (κ3) is 5.52. The molecule has 0 radical (unpaired) electrons. The second-order valence-electron chi connectivity index (χ2n) is 15.6. The van der Waals surface area contributed by atoms with Crippen molar-refractivity contribution in [1.29, 1.82) is 0 Å². The molecule has 60 heavy (non-hydrogen) atoms. The first kappa shape index (κ1) is 34.0. The largest absolute Gasteiger partial charge is 0.310 e. The molecule has 0 amide bonds. The van der Waals surface area contributed by atoms with Crippen LogP contribution in [0.25, 0.3) is 92.8 Å². The average Bonchev–Trinajstić information content (AvgIpc) is 3.64. The lowest BCUT2D eigenvalue weighted by Crippen LogP contribution is -2.10. The number of hydrogen-bond acceptors (Lipinski definition) is 1. The molecule has 0 aliphatic heterocycles. The molecule has 0 bridgehead atoms. The smallest absolute Gasteiger partial charge is 0.0547 e. The number of hydrogen-bond donors (Lipinski definition) is 0. The lowest BCUT2D eigenvalue weighted by Gasteiger charge is -2.27. The number of fused-ring (bicyclic) bond motifs is 8. The molecule has 0 atom stereocenters. The minimum absolute atomic E-state index is 1.08. The van der Waals surface area contributed by atoms with E-state index < -0.39 is 0 Å². The molecule has 1 aromatic heterocycles. The van der Waals surface area contributed by atoms with Gasteiger partial charge in [-0.1, -0.05) is 146 Å². The van der Waals surface area contributed by atoms with Crippen LogP contribution in [0.2, 0.25) is 0 Å². The highest BCUT2D eigenvalue weighted by molar-refractivity contribution is 6.19. The molecule has 0 fully saturated rings. The van der Waals surface area contributed by atoms with Crippen LogP contribution in [0.15, 0.2) is 218 Å². The van der Waals surface area contributed by atoms with Crippen molar-refractivity contribution in [2.24, 2.45) is 0 Å². The van der Waals surface area contributed by atoms with Gasteiger partial charge in [0.15, 0.2) is 0 Å². The predicted octanol–water partition coefficient (Wildman–Crippen LogP) is 15.8. The predicted molar refractivity (Wildman–Crippen MR) is 254 cm³/mol. The second-order valence-corrected chi connectivity index (χ2v) is 15.6. The van der Waals surface area contributed by atoms with Gasteiger partial charge in [-0.05, 0) is 145 Å². The number of anilines is 3. The molecule has 1 heterocycles. The van der Waals surface area contributed by atoms with Gasteiger partial charge in [0.2, 0.25) is 0 Å². The van der Waals surface area contributed by atoms with Gasteiger partial charge in [0.1, 0.15) is 0 Å². The van der Waals surface area contributed by atoms with Crippen LogP contribution < -0.4 is 4.90 Å². The Kier molecular flexibility index (Phi) is 7.80. The molecular weight excluding hydrogens is 725 g/mol. The monoisotopic (exact) mass is 760 g/mol. The maximum atomic E-state index is 3.41. The van der Waals surface area contributed by atoms with Gasteiger partial charge in [-0.3, -0.25) is 0 Å². The van der Waals surface area contributed by atoms with Crippen LogP contribution >= 0.6 is 0 Å². The van der Waals surface area contributed by atoms with Gasteiger partial charge in [0.25, 0.3) is 0 Å². The third-order valence-electron chi connectivity index (χ3n) is 12.1. The van der Waals surface area contributed by atoms with Gasteiger partial charge < -0.3 is 9.47 Å². The maximum Gasteiger partial charge on any atom is 0.0547 e. The zero-order valence-corrected chi connectivity index (χ0v) is 32.7. The molecule has 0 saturated carbocycles. The summed E-state index contributed by atoms with van der Waals surface area (Å²) in [6, 6.07) is 85.9. The van der Waals surface area contributed by atoms with Crippen molar-refractivity contribution in [3.63, 3.8) is 0 Å². The van der Waals surface area contributed by atoms with Crippen LogP contribution in [0.4, 0.5) is 17.1 Å². The summed E-state index contributed by atoms with van der Waals surface area (Å²) in [7, 11) is 0. The van der Waals surface area contributed by atoms with Gasteiger partial charge in [0, 0.05) is 38.9 Å². The van der Waals surface area contributed by atoms with Crippen molar-refractivity contribution in [2.75, 3.05) is 4.90 Å². The molecule has 0 aliphatic rings.